The Morgan fingerprint density at radius 3 is 2.26 bits per heavy atom. The predicted octanol–water partition coefficient (Wildman–Crippen LogP) is 3.54. The maximum Gasteiger partial charge on any atom is 0.0616 e. The van der Waals surface area contributed by atoms with Crippen LogP contribution in [0.1, 0.15) is 31.7 Å². The Morgan fingerprint density at radius 1 is 1.16 bits per heavy atom. The molecule has 2 rings (SSSR count). The molecule has 0 saturated carbocycles. The second-order valence-electron chi connectivity index (χ2n) is 5.51. The summed E-state index contributed by atoms with van der Waals surface area (Å²) in [4.78, 5) is 2.44. The summed E-state index contributed by atoms with van der Waals surface area (Å²) in [6.45, 7) is 4.57. The van der Waals surface area contributed by atoms with E-state index in [1.165, 1.54) is 24.8 Å². The highest BCUT2D eigenvalue weighted by molar-refractivity contribution is 6.30. The fourth-order valence-corrected chi connectivity index (χ4v) is 2.87. The van der Waals surface area contributed by atoms with E-state index in [9.17, 15) is 5.11 Å². The van der Waals surface area contributed by atoms with Gasteiger partial charge in [-0.15, -0.1) is 12.4 Å². The average molecular weight is 304 g/mol. The highest BCUT2D eigenvalue weighted by Crippen LogP contribution is 2.25. The summed E-state index contributed by atoms with van der Waals surface area (Å²) in [5, 5.41) is 10.6. The fourth-order valence-electron chi connectivity index (χ4n) is 2.74. The van der Waals surface area contributed by atoms with Crippen molar-refractivity contribution in [1.29, 1.82) is 0 Å². The summed E-state index contributed by atoms with van der Waals surface area (Å²) in [7, 11) is 0. The zero-order valence-corrected chi connectivity index (χ0v) is 13.0. The number of halogens is 2. The van der Waals surface area contributed by atoms with Crippen molar-refractivity contribution in [3.05, 3.63) is 34.9 Å². The smallest absolute Gasteiger partial charge is 0.0616 e. The largest absolute Gasteiger partial charge is 0.394 e. The molecular formula is C15H23Cl2NO. The van der Waals surface area contributed by atoms with Crippen molar-refractivity contribution in [1.82, 2.24) is 4.90 Å². The van der Waals surface area contributed by atoms with Crippen molar-refractivity contribution in [3.8, 4) is 0 Å². The van der Waals surface area contributed by atoms with Gasteiger partial charge in [0, 0.05) is 10.6 Å². The van der Waals surface area contributed by atoms with Gasteiger partial charge in [-0.2, -0.15) is 0 Å². The Bertz CT molecular complexity index is 376. The van der Waals surface area contributed by atoms with Crippen molar-refractivity contribution in [2.24, 2.45) is 0 Å². The summed E-state index contributed by atoms with van der Waals surface area (Å²) < 4.78 is 0. The van der Waals surface area contributed by atoms with E-state index in [4.69, 9.17) is 11.6 Å². The van der Waals surface area contributed by atoms with Crippen LogP contribution in [0.15, 0.2) is 24.3 Å². The lowest BCUT2D eigenvalue weighted by molar-refractivity contribution is 0.0290. The normalized spacial score (nSPS) is 19.5. The highest BCUT2D eigenvalue weighted by atomic mass is 35.5. The molecule has 1 aromatic carbocycles. The molecule has 108 valence electrons. The minimum absolute atomic E-state index is 0. The number of benzene rings is 1. The van der Waals surface area contributed by atoms with E-state index in [1.807, 2.05) is 12.1 Å². The molecule has 0 aromatic heterocycles. The second-order valence-corrected chi connectivity index (χ2v) is 5.94. The standard InChI is InChI=1S/C15H22ClNO.ClH/c1-15(12-18,17-9-3-2-4-10-17)11-13-5-7-14(16)8-6-13;/h5-8,18H,2-4,9-12H2,1H3;1H. The van der Waals surface area contributed by atoms with E-state index >= 15 is 0 Å². The third kappa shape index (κ3) is 4.35. The van der Waals surface area contributed by atoms with E-state index < -0.39 is 0 Å². The van der Waals surface area contributed by atoms with Crippen LogP contribution in [0, 0.1) is 0 Å². The summed E-state index contributed by atoms with van der Waals surface area (Å²) >= 11 is 5.91. The zero-order valence-electron chi connectivity index (χ0n) is 11.4. The van der Waals surface area contributed by atoms with Crippen LogP contribution in [0.25, 0.3) is 0 Å². The number of rotatable bonds is 4. The van der Waals surface area contributed by atoms with Crippen LogP contribution in [0.3, 0.4) is 0 Å². The fraction of sp³-hybridized carbons (Fsp3) is 0.600. The molecule has 2 nitrogen and oxygen atoms in total. The number of aliphatic hydroxyl groups is 1. The molecule has 19 heavy (non-hydrogen) atoms. The predicted molar refractivity (Wildman–Crippen MR) is 83.3 cm³/mol. The van der Waals surface area contributed by atoms with E-state index in [1.54, 1.807) is 0 Å². The molecule has 0 aliphatic carbocycles. The van der Waals surface area contributed by atoms with Gasteiger partial charge in [0.1, 0.15) is 0 Å². The maximum absolute atomic E-state index is 9.79. The molecule has 1 heterocycles. The monoisotopic (exact) mass is 303 g/mol. The Hall–Kier alpha value is -0.280. The number of likely N-dealkylation sites (tertiary alicyclic amines) is 1. The first-order valence-corrected chi connectivity index (χ1v) is 7.12. The highest BCUT2D eigenvalue weighted by Gasteiger charge is 2.32. The van der Waals surface area contributed by atoms with E-state index in [-0.39, 0.29) is 24.6 Å². The number of aliphatic hydroxyl groups excluding tert-OH is 1. The summed E-state index contributed by atoms with van der Waals surface area (Å²) in [5.41, 5.74) is 1.09. The topological polar surface area (TPSA) is 23.5 Å². The summed E-state index contributed by atoms with van der Waals surface area (Å²) in [6.07, 6.45) is 4.69. The second kappa shape index (κ2) is 7.49. The lowest BCUT2D eigenvalue weighted by Gasteiger charge is -2.42. The van der Waals surface area contributed by atoms with Gasteiger partial charge in [-0.1, -0.05) is 30.2 Å². The SMILES string of the molecule is CC(CO)(Cc1ccc(Cl)cc1)N1CCCCC1.Cl. The van der Waals surface area contributed by atoms with Crippen LogP contribution in [0.4, 0.5) is 0 Å². The van der Waals surface area contributed by atoms with Crippen molar-refractivity contribution in [3.63, 3.8) is 0 Å². The van der Waals surface area contributed by atoms with Gasteiger partial charge in [-0.3, -0.25) is 4.90 Å². The Balaban J connectivity index is 0.00000180. The van der Waals surface area contributed by atoms with Crippen LogP contribution in [-0.4, -0.2) is 35.2 Å². The lowest BCUT2D eigenvalue weighted by Crippen LogP contribution is -2.52. The Labute approximate surface area is 127 Å². The van der Waals surface area contributed by atoms with Gasteiger partial charge < -0.3 is 5.11 Å². The quantitative estimate of drug-likeness (QED) is 0.919. The first kappa shape index (κ1) is 16.8. The number of nitrogens with zero attached hydrogens (tertiary/aromatic N) is 1. The molecule has 0 bridgehead atoms. The minimum atomic E-state index is -0.145. The van der Waals surface area contributed by atoms with Gasteiger partial charge in [0.05, 0.1) is 6.61 Å². The van der Waals surface area contributed by atoms with Crippen LogP contribution in [0.5, 0.6) is 0 Å². The lowest BCUT2D eigenvalue weighted by atomic mass is 9.90. The van der Waals surface area contributed by atoms with E-state index in [2.05, 4.69) is 24.0 Å². The van der Waals surface area contributed by atoms with Crippen molar-refractivity contribution >= 4 is 24.0 Å². The van der Waals surface area contributed by atoms with Crippen LogP contribution in [-0.2, 0) is 6.42 Å². The summed E-state index contributed by atoms with van der Waals surface area (Å²) in [6, 6.07) is 7.95. The zero-order chi connectivity index (χ0) is 13.0. The molecule has 0 spiro atoms. The first-order valence-electron chi connectivity index (χ1n) is 6.74. The van der Waals surface area contributed by atoms with Crippen molar-refractivity contribution in [2.45, 2.75) is 38.1 Å². The molecular weight excluding hydrogens is 281 g/mol. The van der Waals surface area contributed by atoms with Gasteiger partial charge >= 0.3 is 0 Å². The van der Waals surface area contributed by atoms with E-state index in [0.717, 1.165) is 24.5 Å². The molecule has 1 fully saturated rings. The van der Waals surface area contributed by atoms with Crippen molar-refractivity contribution in [2.75, 3.05) is 19.7 Å². The van der Waals surface area contributed by atoms with Gasteiger partial charge in [0.2, 0.25) is 0 Å². The molecule has 1 unspecified atom stereocenters. The van der Waals surface area contributed by atoms with Gasteiger partial charge in [-0.05, 0) is 57.0 Å². The molecule has 1 aliphatic rings. The third-order valence-electron chi connectivity index (χ3n) is 3.96. The van der Waals surface area contributed by atoms with Gasteiger partial charge in [0.25, 0.3) is 0 Å². The van der Waals surface area contributed by atoms with Crippen LogP contribution < -0.4 is 0 Å². The number of hydrogen-bond donors (Lipinski definition) is 1. The molecule has 1 aliphatic heterocycles. The molecule has 1 N–H and O–H groups in total. The molecule has 0 radical (unpaired) electrons. The van der Waals surface area contributed by atoms with E-state index in [0.29, 0.717) is 0 Å². The Morgan fingerprint density at radius 2 is 1.74 bits per heavy atom. The molecule has 1 saturated heterocycles. The maximum atomic E-state index is 9.79. The Kier molecular flexibility index (Phi) is 6.61. The average Bonchev–Trinajstić information content (AvgIpc) is 2.42. The number of hydrogen-bond acceptors (Lipinski definition) is 2. The van der Waals surface area contributed by atoms with Crippen LogP contribution >= 0.6 is 24.0 Å². The molecule has 0 amide bonds. The first-order chi connectivity index (χ1) is 8.64. The molecule has 4 heteroatoms. The van der Waals surface area contributed by atoms with Crippen molar-refractivity contribution < 1.29 is 5.11 Å². The van der Waals surface area contributed by atoms with Crippen LogP contribution in [0.2, 0.25) is 5.02 Å². The summed E-state index contributed by atoms with van der Waals surface area (Å²) in [5.74, 6) is 0. The third-order valence-corrected chi connectivity index (χ3v) is 4.21. The minimum Gasteiger partial charge on any atom is -0.394 e. The number of piperidine rings is 1. The molecule has 1 aromatic rings. The molecule has 1 atom stereocenters. The van der Waals surface area contributed by atoms with Gasteiger partial charge in [0.15, 0.2) is 0 Å². The van der Waals surface area contributed by atoms with Gasteiger partial charge in [-0.25, -0.2) is 0 Å².